The molecule has 0 saturated carbocycles. The molecule has 5 heteroatoms. The standard InChI is InChI=1S/C17H17N3O2/c1-12(2)11-22-14-9-7-13(8-10-14)17(21)20-16-6-4-3-5-15(16)18-19-20/h3-10,12H,11H2,1-2H3. The Morgan fingerprint density at radius 3 is 2.59 bits per heavy atom. The maximum Gasteiger partial charge on any atom is 0.280 e. The minimum Gasteiger partial charge on any atom is -0.493 e. The molecular formula is C17H17N3O2. The van der Waals surface area contributed by atoms with Crippen molar-refractivity contribution in [3.63, 3.8) is 0 Å². The molecule has 3 rings (SSSR count). The SMILES string of the molecule is CC(C)COc1ccc(C(=O)n2nnc3ccccc32)cc1. The van der Waals surface area contributed by atoms with Crippen molar-refractivity contribution in [3.8, 4) is 5.75 Å². The van der Waals surface area contributed by atoms with Crippen molar-refractivity contribution in [2.75, 3.05) is 6.61 Å². The van der Waals surface area contributed by atoms with Crippen LogP contribution in [0.15, 0.2) is 48.5 Å². The lowest BCUT2D eigenvalue weighted by molar-refractivity contribution is 0.0948. The zero-order valence-electron chi connectivity index (χ0n) is 12.6. The number of carbonyl (C=O) groups excluding carboxylic acids is 1. The van der Waals surface area contributed by atoms with Gasteiger partial charge in [0.15, 0.2) is 0 Å². The molecule has 0 spiro atoms. The van der Waals surface area contributed by atoms with E-state index in [0.717, 1.165) is 5.75 Å². The van der Waals surface area contributed by atoms with Gasteiger partial charge in [0.1, 0.15) is 11.3 Å². The zero-order valence-corrected chi connectivity index (χ0v) is 12.6. The van der Waals surface area contributed by atoms with E-state index in [1.165, 1.54) is 4.68 Å². The van der Waals surface area contributed by atoms with Gasteiger partial charge in [0, 0.05) is 5.56 Å². The van der Waals surface area contributed by atoms with Gasteiger partial charge in [-0.15, -0.1) is 5.10 Å². The maximum absolute atomic E-state index is 12.5. The van der Waals surface area contributed by atoms with Gasteiger partial charge in [0.25, 0.3) is 5.91 Å². The molecule has 0 unspecified atom stereocenters. The number of para-hydroxylation sites is 1. The van der Waals surface area contributed by atoms with E-state index >= 15 is 0 Å². The summed E-state index contributed by atoms with van der Waals surface area (Å²) in [4.78, 5) is 12.5. The average molecular weight is 295 g/mol. The summed E-state index contributed by atoms with van der Waals surface area (Å²) in [6, 6.07) is 14.5. The fourth-order valence-electron chi connectivity index (χ4n) is 2.10. The quantitative estimate of drug-likeness (QED) is 0.742. The second-order valence-corrected chi connectivity index (χ2v) is 5.52. The smallest absolute Gasteiger partial charge is 0.280 e. The van der Waals surface area contributed by atoms with E-state index in [1.54, 1.807) is 24.3 Å². The number of aromatic nitrogens is 3. The van der Waals surface area contributed by atoms with Crippen molar-refractivity contribution in [1.29, 1.82) is 0 Å². The Kier molecular flexibility index (Phi) is 3.87. The number of benzene rings is 2. The molecule has 0 fully saturated rings. The lowest BCUT2D eigenvalue weighted by Crippen LogP contribution is -2.13. The highest BCUT2D eigenvalue weighted by molar-refractivity contribution is 6.00. The first-order valence-corrected chi connectivity index (χ1v) is 7.23. The molecule has 0 atom stereocenters. The zero-order chi connectivity index (χ0) is 15.5. The highest BCUT2D eigenvalue weighted by atomic mass is 16.5. The summed E-state index contributed by atoms with van der Waals surface area (Å²) in [5.41, 5.74) is 1.95. The normalized spacial score (nSPS) is 11.0. The van der Waals surface area contributed by atoms with E-state index in [2.05, 4.69) is 24.2 Å². The molecule has 1 heterocycles. The predicted molar refractivity (Wildman–Crippen MR) is 84.0 cm³/mol. The lowest BCUT2D eigenvalue weighted by Gasteiger charge is -2.09. The highest BCUT2D eigenvalue weighted by Crippen LogP contribution is 2.16. The summed E-state index contributed by atoms with van der Waals surface area (Å²) in [7, 11) is 0. The molecule has 0 saturated heterocycles. The first-order valence-electron chi connectivity index (χ1n) is 7.23. The number of hydrogen-bond acceptors (Lipinski definition) is 4. The van der Waals surface area contributed by atoms with Crippen LogP contribution in [-0.2, 0) is 0 Å². The molecule has 2 aromatic carbocycles. The van der Waals surface area contributed by atoms with Crippen molar-refractivity contribution < 1.29 is 9.53 Å². The predicted octanol–water partition coefficient (Wildman–Crippen LogP) is 3.15. The molecule has 1 aromatic heterocycles. The summed E-state index contributed by atoms with van der Waals surface area (Å²) in [6.45, 7) is 4.84. The maximum atomic E-state index is 12.5. The number of fused-ring (bicyclic) bond motifs is 1. The summed E-state index contributed by atoms with van der Waals surface area (Å²) in [5.74, 6) is 1.01. The fourth-order valence-corrected chi connectivity index (χ4v) is 2.10. The average Bonchev–Trinajstić information content (AvgIpc) is 2.97. The number of ether oxygens (including phenoxy) is 1. The molecule has 0 N–H and O–H groups in total. The van der Waals surface area contributed by atoms with E-state index in [1.807, 2.05) is 24.3 Å². The minimum atomic E-state index is -0.205. The van der Waals surface area contributed by atoms with Gasteiger partial charge in [-0.25, -0.2) is 0 Å². The molecule has 22 heavy (non-hydrogen) atoms. The summed E-state index contributed by atoms with van der Waals surface area (Å²) in [6.07, 6.45) is 0. The van der Waals surface area contributed by atoms with Gasteiger partial charge >= 0.3 is 0 Å². The Morgan fingerprint density at radius 2 is 1.86 bits per heavy atom. The first kappa shape index (κ1) is 14.3. The lowest BCUT2D eigenvalue weighted by atomic mass is 10.2. The summed E-state index contributed by atoms with van der Waals surface area (Å²) >= 11 is 0. The number of hydrogen-bond donors (Lipinski definition) is 0. The van der Waals surface area contributed by atoms with Gasteiger partial charge < -0.3 is 4.74 Å². The summed E-state index contributed by atoms with van der Waals surface area (Å²) in [5, 5.41) is 7.94. The molecule has 112 valence electrons. The third-order valence-electron chi connectivity index (χ3n) is 3.23. The first-order chi connectivity index (χ1) is 10.6. The minimum absolute atomic E-state index is 0.205. The number of rotatable bonds is 4. The molecule has 5 nitrogen and oxygen atoms in total. The molecule has 3 aromatic rings. The van der Waals surface area contributed by atoms with Crippen LogP contribution in [0.2, 0.25) is 0 Å². The summed E-state index contributed by atoms with van der Waals surface area (Å²) < 4.78 is 6.94. The van der Waals surface area contributed by atoms with E-state index < -0.39 is 0 Å². The monoisotopic (exact) mass is 295 g/mol. The molecule has 0 aliphatic heterocycles. The van der Waals surface area contributed by atoms with Gasteiger partial charge in [0.2, 0.25) is 0 Å². The van der Waals surface area contributed by atoms with E-state index in [9.17, 15) is 4.79 Å². The Hall–Kier alpha value is -2.69. The van der Waals surface area contributed by atoms with Gasteiger partial charge in [0.05, 0.1) is 12.1 Å². The van der Waals surface area contributed by atoms with Crippen molar-refractivity contribution in [2.24, 2.45) is 5.92 Å². The number of nitrogens with zero attached hydrogens (tertiary/aromatic N) is 3. The van der Waals surface area contributed by atoms with Crippen LogP contribution in [0.1, 0.15) is 24.2 Å². The topological polar surface area (TPSA) is 57.0 Å². The van der Waals surface area contributed by atoms with Crippen molar-refractivity contribution >= 4 is 16.9 Å². The van der Waals surface area contributed by atoms with Crippen LogP contribution in [-0.4, -0.2) is 27.5 Å². The van der Waals surface area contributed by atoms with Gasteiger partial charge in [-0.1, -0.05) is 31.2 Å². The van der Waals surface area contributed by atoms with Crippen molar-refractivity contribution in [1.82, 2.24) is 15.0 Å². The molecule has 0 radical (unpaired) electrons. The molecule has 0 aliphatic rings. The third-order valence-corrected chi connectivity index (χ3v) is 3.23. The van der Waals surface area contributed by atoms with Crippen molar-refractivity contribution in [3.05, 3.63) is 54.1 Å². The van der Waals surface area contributed by atoms with Crippen LogP contribution < -0.4 is 4.74 Å². The van der Waals surface area contributed by atoms with E-state index in [-0.39, 0.29) is 5.91 Å². The second kappa shape index (κ2) is 5.97. The molecule has 0 amide bonds. The van der Waals surface area contributed by atoms with Gasteiger partial charge in [-0.05, 0) is 42.3 Å². The van der Waals surface area contributed by atoms with E-state index in [4.69, 9.17) is 4.74 Å². The van der Waals surface area contributed by atoms with Crippen LogP contribution in [0.25, 0.3) is 11.0 Å². The van der Waals surface area contributed by atoms with Crippen LogP contribution in [0, 0.1) is 5.92 Å². The number of carbonyl (C=O) groups is 1. The largest absolute Gasteiger partial charge is 0.493 e. The van der Waals surface area contributed by atoms with E-state index in [0.29, 0.717) is 29.1 Å². The Bertz CT molecular complexity index is 791. The van der Waals surface area contributed by atoms with Crippen LogP contribution in [0.3, 0.4) is 0 Å². The van der Waals surface area contributed by atoms with Crippen molar-refractivity contribution in [2.45, 2.75) is 13.8 Å². The molecule has 0 bridgehead atoms. The van der Waals surface area contributed by atoms with Gasteiger partial charge in [-0.2, -0.15) is 4.68 Å². The molecule has 0 aliphatic carbocycles. The second-order valence-electron chi connectivity index (χ2n) is 5.52. The van der Waals surface area contributed by atoms with Crippen LogP contribution >= 0.6 is 0 Å². The van der Waals surface area contributed by atoms with Crippen LogP contribution in [0.5, 0.6) is 5.75 Å². The Labute approximate surface area is 128 Å². The fraction of sp³-hybridized carbons (Fsp3) is 0.235. The van der Waals surface area contributed by atoms with Crippen LogP contribution in [0.4, 0.5) is 0 Å². The molecular weight excluding hydrogens is 278 g/mol. The Balaban J connectivity index is 1.83. The van der Waals surface area contributed by atoms with Gasteiger partial charge in [-0.3, -0.25) is 4.79 Å². The highest BCUT2D eigenvalue weighted by Gasteiger charge is 2.13. The third kappa shape index (κ3) is 2.83. The Morgan fingerprint density at radius 1 is 1.14 bits per heavy atom.